The van der Waals surface area contributed by atoms with Gasteiger partial charge in [0.05, 0.1) is 0 Å². The minimum Gasteiger partial charge on any atom is -0.482 e. The standard InChI is InChI=1S/C15H18O3/c1-2-15-8-10(15)6-7-11-12(15)4-3-5-13(11)18-9-14(16)17/h3-5,10H,2,6-9H2,1H3,(H,16,17). The van der Waals surface area contributed by atoms with Gasteiger partial charge in [0.1, 0.15) is 5.75 Å². The zero-order valence-corrected chi connectivity index (χ0v) is 10.6. The molecule has 0 aromatic heterocycles. The number of carbonyl (C=O) groups is 1. The third-order valence-electron chi connectivity index (χ3n) is 4.63. The second kappa shape index (κ2) is 4.01. The first kappa shape index (κ1) is 11.6. The monoisotopic (exact) mass is 246 g/mol. The number of hydrogen-bond acceptors (Lipinski definition) is 2. The Hall–Kier alpha value is -1.51. The molecule has 1 N–H and O–H groups in total. The van der Waals surface area contributed by atoms with Gasteiger partial charge in [-0.15, -0.1) is 0 Å². The van der Waals surface area contributed by atoms with Gasteiger partial charge >= 0.3 is 5.97 Å². The van der Waals surface area contributed by atoms with Crippen molar-refractivity contribution < 1.29 is 14.6 Å². The maximum absolute atomic E-state index is 10.6. The van der Waals surface area contributed by atoms with Gasteiger partial charge in [0, 0.05) is 0 Å². The molecule has 2 aliphatic rings. The summed E-state index contributed by atoms with van der Waals surface area (Å²) in [4.78, 5) is 10.6. The van der Waals surface area contributed by atoms with Crippen molar-refractivity contribution in [2.45, 2.75) is 38.0 Å². The van der Waals surface area contributed by atoms with Crippen molar-refractivity contribution in [1.82, 2.24) is 0 Å². The molecule has 0 saturated heterocycles. The number of rotatable bonds is 4. The van der Waals surface area contributed by atoms with Crippen molar-refractivity contribution in [3.05, 3.63) is 29.3 Å². The molecule has 18 heavy (non-hydrogen) atoms. The Kier molecular flexibility index (Phi) is 2.58. The fourth-order valence-corrected chi connectivity index (χ4v) is 3.60. The molecule has 96 valence electrons. The fraction of sp³-hybridized carbons (Fsp3) is 0.533. The molecule has 0 aliphatic heterocycles. The van der Waals surface area contributed by atoms with E-state index in [2.05, 4.69) is 13.0 Å². The molecular formula is C15H18O3. The highest BCUT2D eigenvalue weighted by Gasteiger charge is 2.56. The van der Waals surface area contributed by atoms with E-state index in [4.69, 9.17) is 9.84 Å². The minimum absolute atomic E-state index is 0.251. The van der Waals surface area contributed by atoms with Gasteiger partial charge in [-0.1, -0.05) is 19.1 Å². The lowest BCUT2D eigenvalue weighted by Crippen LogP contribution is -2.19. The normalized spacial score (nSPS) is 28.2. The van der Waals surface area contributed by atoms with Crippen LogP contribution in [0.15, 0.2) is 18.2 Å². The van der Waals surface area contributed by atoms with E-state index >= 15 is 0 Å². The summed E-state index contributed by atoms with van der Waals surface area (Å²) in [5, 5.41) is 8.71. The highest BCUT2D eigenvalue weighted by Crippen LogP contribution is 2.62. The largest absolute Gasteiger partial charge is 0.482 e. The molecule has 0 radical (unpaired) electrons. The van der Waals surface area contributed by atoms with E-state index in [9.17, 15) is 4.79 Å². The van der Waals surface area contributed by atoms with E-state index in [-0.39, 0.29) is 6.61 Å². The number of hydrogen-bond donors (Lipinski definition) is 1. The van der Waals surface area contributed by atoms with E-state index in [0.717, 1.165) is 18.1 Å². The van der Waals surface area contributed by atoms with Gasteiger partial charge in [0.15, 0.2) is 6.61 Å². The third kappa shape index (κ3) is 1.61. The lowest BCUT2D eigenvalue weighted by molar-refractivity contribution is -0.139. The van der Waals surface area contributed by atoms with Crippen molar-refractivity contribution in [1.29, 1.82) is 0 Å². The lowest BCUT2D eigenvalue weighted by atomic mass is 9.80. The second-order valence-corrected chi connectivity index (χ2v) is 5.41. The van der Waals surface area contributed by atoms with Crippen LogP contribution >= 0.6 is 0 Å². The van der Waals surface area contributed by atoms with Crippen LogP contribution in [0.3, 0.4) is 0 Å². The zero-order valence-electron chi connectivity index (χ0n) is 10.6. The number of carboxylic acid groups (broad SMARTS) is 1. The van der Waals surface area contributed by atoms with Crippen molar-refractivity contribution in [2.24, 2.45) is 5.92 Å². The Balaban J connectivity index is 1.94. The molecule has 0 amide bonds. The Morgan fingerprint density at radius 2 is 2.39 bits per heavy atom. The summed E-state index contributed by atoms with van der Waals surface area (Å²) in [6.07, 6.45) is 4.71. The molecule has 3 rings (SSSR count). The molecule has 1 fully saturated rings. The van der Waals surface area contributed by atoms with Crippen LogP contribution in [0.1, 0.15) is 37.3 Å². The van der Waals surface area contributed by atoms with Crippen LogP contribution in [-0.4, -0.2) is 17.7 Å². The van der Waals surface area contributed by atoms with Crippen molar-refractivity contribution in [2.75, 3.05) is 6.61 Å². The molecule has 0 spiro atoms. The maximum Gasteiger partial charge on any atom is 0.341 e. The van der Waals surface area contributed by atoms with Gasteiger partial charge in [0.25, 0.3) is 0 Å². The van der Waals surface area contributed by atoms with E-state index < -0.39 is 5.97 Å². The molecule has 2 atom stereocenters. The molecule has 1 aromatic rings. The quantitative estimate of drug-likeness (QED) is 0.888. The van der Waals surface area contributed by atoms with Crippen molar-refractivity contribution in [3.8, 4) is 5.75 Å². The number of benzene rings is 1. The van der Waals surface area contributed by atoms with Gasteiger partial charge in [-0.05, 0) is 54.2 Å². The Bertz CT molecular complexity index is 495. The van der Waals surface area contributed by atoms with Gasteiger partial charge in [-0.2, -0.15) is 0 Å². The first-order valence-corrected chi connectivity index (χ1v) is 6.64. The molecule has 3 heteroatoms. The summed E-state index contributed by atoms with van der Waals surface area (Å²) in [6.45, 7) is 2.00. The van der Waals surface area contributed by atoms with Crippen LogP contribution in [0.2, 0.25) is 0 Å². The zero-order chi connectivity index (χ0) is 12.8. The topological polar surface area (TPSA) is 46.5 Å². The summed E-state index contributed by atoms with van der Waals surface area (Å²) in [7, 11) is 0. The molecule has 0 bridgehead atoms. The van der Waals surface area contributed by atoms with E-state index in [1.54, 1.807) is 0 Å². The molecule has 0 heterocycles. The predicted molar refractivity (Wildman–Crippen MR) is 68.0 cm³/mol. The number of ether oxygens (including phenoxy) is 1. The van der Waals surface area contributed by atoms with Gasteiger partial charge in [-0.3, -0.25) is 0 Å². The fourth-order valence-electron chi connectivity index (χ4n) is 3.60. The molecular weight excluding hydrogens is 228 g/mol. The van der Waals surface area contributed by atoms with E-state index in [0.29, 0.717) is 5.41 Å². The van der Waals surface area contributed by atoms with Crippen molar-refractivity contribution in [3.63, 3.8) is 0 Å². The Morgan fingerprint density at radius 3 is 3.11 bits per heavy atom. The van der Waals surface area contributed by atoms with E-state index in [1.165, 1.54) is 30.4 Å². The number of fused-ring (bicyclic) bond motifs is 3. The van der Waals surface area contributed by atoms with Crippen LogP contribution in [0, 0.1) is 5.92 Å². The van der Waals surface area contributed by atoms with Crippen molar-refractivity contribution >= 4 is 5.97 Å². The molecule has 3 nitrogen and oxygen atoms in total. The van der Waals surface area contributed by atoms with Crippen LogP contribution in [0.5, 0.6) is 5.75 Å². The molecule has 1 saturated carbocycles. The van der Waals surface area contributed by atoms with Gasteiger partial charge in [0.2, 0.25) is 0 Å². The lowest BCUT2D eigenvalue weighted by Gasteiger charge is -2.26. The van der Waals surface area contributed by atoms with Gasteiger partial charge < -0.3 is 9.84 Å². The number of aliphatic carboxylic acids is 1. The van der Waals surface area contributed by atoms with Gasteiger partial charge in [-0.25, -0.2) is 4.79 Å². The first-order valence-electron chi connectivity index (χ1n) is 6.64. The number of carboxylic acids is 1. The second-order valence-electron chi connectivity index (χ2n) is 5.41. The third-order valence-corrected chi connectivity index (χ3v) is 4.63. The summed E-state index contributed by atoms with van der Waals surface area (Å²) < 4.78 is 5.42. The van der Waals surface area contributed by atoms with Crippen LogP contribution in [0.25, 0.3) is 0 Å². The van der Waals surface area contributed by atoms with Crippen LogP contribution < -0.4 is 4.74 Å². The maximum atomic E-state index is 10.6. The molecule has 2 unspecified atom stereocenters. The summed E-state index contributed by atoms with van der Waals surface area (Å²) in [5.74, 6) is 0.690. The predicted octanol–water partition coefficient (Wildman–Crippen LogP) is 2.76. The Morgan fingerprint density at radius 1 is 1.56 bits per heavy atom. The smallest absolute Gasteiger partial charge is 0.341 e. The van der Waals surface area contributed by atoms with E-state index in [1.807, 2.05) is 12.1 Å². The Labute approximate surface area is 107 Å². The van der Waals surface area contributed by atoms with Crippen LogP contribution in [0.4, 0.5) is 0 Å². The SMILES string of the molecule is CCC12CC1CCc1c(OCC(=O)O)cccc12. The molecule has 2 aliphatic carbocycles. The highest BCUT2D eigenvalue weighted by atomic mass is 16.5. The highest BCUT2D eigenvalue weighted by molar-refractivity contribution is 5.68. The first-order chi connectivity index (χ1) is 8.67. The summed E-state index contributed by atoms with van der Waals surface area (Å²) in [5.41, 5.74) is 3.02. The molecule has 1 aromatic carbocycles. The summed E-state index contributed by atoms with van der Waals surface area (Å²) >= 11 is 0. The van der Waals surface area contributed by atoms with Crippen LogP contribution in [-0.2, 0) is 16.6 Å². The average Bonchev–Trinajstić information content (AvgIpc) is 3.11. The summed E-state index contributed by atoms with van der Waals surface area (Å²) in [6, 6.07) is 6.09. The minimum atomic E-state index is -0.919. The average molecular weight is 246 g/mol.